The van der Waals surface area contributed by atoms with Crippen LogP contribution in [0.4, 0.5) is 8.78 Å². The molecule has 0 saturated carbocycles. The van der Waals surface area contributed by atoms with Gasteiger partial charge in [0, 0.05) is 60.4 Å². The third-order valence-electron chi connectivity index (χ3n) is 16.3. The van der Waals surface area contributed by atoms with Gasteiger partial charge in [-0.05, 0) is 174 Å². The Morgan fingerprint density at radius 1 is 0.458 bits per heavy atom. The van der Waals surface area contributed by atoms with Crippen molar-refractivity contribution >= 4 is 53.7 Å². The number of aromatic hydroxyl groups is 2. The average Bonchev–Trinajstić information content (AvgIpc) is 2.03. The Hall–Kier alpha value is -5.64. The number of benzene rings is 7. The Morgan fingerprint density at radius 3 is 1.24 bits per heavy atom. The topological polar surface area (TPSA) is 50.8 Å². The van der Waals surface area contributed by atoms with E-state index in [1.165, 1.54) is 35.4 Å². The number of aryl methyl sites for hydroxylation is 2. The average molecular weight is 1250 g/mol. The lowest BCUT2D eigenvalue weighted by Gasteiger charge is -2.35. The predicted octanol–water partition coefficient (Wildman–Crippen LogP) is 23.2. The lowest BCUT2D eigenvalue weighted by Crippen LogP contribution is -2.25. The van der Waals surface area contributed by atoms with Crippen LogP contribution in [0.2, 0.25) is 0 Å². The molecule has 2 N–H and O–H groups in total. The summed E-state index contributed by atoms with van der Waals surface area (Å²) in [7, 11) is 9.03. The van der Waals surface area contributed by atoms with E-state index in [-0.39, 0.29) is 44.0 Å². The number of rotatable bonds is 15. The maximum absolute atomic E-state index is 16.1. The van der Waals surface area contributed by atoms with Gasteiger partial charge in [-0.2, -0.15) is 0 Å². The molecule has 0 aliphatic carbocycles. The zero-order valence-electron chi connectivity index (χ0n) is 52.6. The number of phenolic OH excluding ortho intramolecular Hbond substituents is 2. The van der Waals surface area contributed by atoms with Gasteiger partial charge in [0.1, 0.15) is 36.3 Å². The molecule has 0 saturated heterocycles. The van der Waals surface area contributed by atoms with Gasteiger partial charge in [-0.15, -0.1) is 0 Å². The number of phenols is 2. The van der Waals surface area contributed by atoms with Crippen LogP contribution in [0.15, 0.2) is 112 Å². The van der Waals surface area contributed by atoms with E-state index >= 15 is 8.78 Å². The van der Waals surface area contributed by atoms with Gasteiger partial charge in [-0.3, -0.25) is 0 Å². The maximum Gasteiger partial charge on any atom is 0.237 e. The van der Waals surface area contributed by atoms with Crippen LogP contribution in [0.5, 0.6) is 23.0 Å². The van der Waals surface area contributed by atoms with E-state index in [1.807, 2.05) is 32.0 Å². The molecule has 442 valence electrons. The zero-order chi connectivity index (χ0) is 61.4. The van der Waals surface area contributed by atoms with Crippen molar-refractivity contribution < 1.29 is 27.7 Å². The summed E-state index contributed by atoms with van der Waals surface area (Å²) in [6.45, 7) is 40.3. The van der Waals surface area contributed by atoms with Gasteiger partial charge in [-0.1, -0.05) is 173 Å². The van der Waals surface area contributed by atoms with Crippen LogP contribution < -0.4 is 0 Å². The molecule has 7 aromatic carbocycles. The minimum absolute atomic E-state index is 0.00335. The molecule has 0 amide bonds. The number of halogens is 4. The summed E-state index contributed by atoms with van der Waals surface area (Å²) in [4.78, 5) is 0. The largest absolute Gasteiger partial charge is 0.711 e. The fraction of sp³-hybridized carbons (Fsp3) is 0.405. The Morgan fingerprint density at radius 2 is 0.843 bits per heavy atom. The minimum atomic E-state index is -0.426. The van der Waals surface area contributed by atoms with Gasteiger partial charge in [0.25, 0.3) is 0 Å². The Bertz CT molecular complexity index is 3670. The molecule has 1 aromatic heterocycles. The highest BCUT2D eigenvalue weighted by molar-refractivity contribution is 9.10. The summed E-state index contributed by atoms with van der Waals surface area (Å²) in [6, 6.07) is 33.5. The van der Waals surface area contributed by atoms with E-state index in [4.69, 9.17) is 0 Å². The Balaban J connectivity index is 1.18. The van der Waals surface area contributed by atoms with Crippen LogP contribution in [-0.2, 0) is 30.4 Å². The third-order valence-corrected chi connectivity index (χ3v) is 17.3. The van der Waals surface area contributed by atoms with Crippen molar-refractivity contribution in [2.24, 2.45) is 10.8 Å². The molecule has 8 aromatic rings. The minimum Gasteiger partial charge on any atom is -0.711 e. The molecule has 8 rings (SSSR count). The van der Waals surface area contributed by atoms with E-state index in [9.17, 15) is 10.2 Å². The normalized spacial score (nSPS) is 13.0. The molecule has 0 spiro atoms. The monoisotopic (exact) mass is 1250 g/mol. The van der Waals surface area contributed by atoms with Gasteiger partial charge in [0.2, 0.25) is 11.5 Å². The lowest BCUT2D eigenvalue weighted by molar-refractivity contribution is 0.00432. The summed E-state index contributed by atoms with van der Waals surface area (Å²) in [5.74, 6) is 0.542. The standard InChI is InChI=1S/C74H89Br2F2NO4/c1-44-29-53(77)40-60(58-35-49(73(15,16)42-69(3,4)5)34-57(65(58)80)46-31-47(71(9,10)11)33-48(32-46)72(12,13)14)67(44)82(19)27-21-22-28-83(20)68-45(2)30-54(78)41-61(68)59-36-50(74(17,18)43-70(6,7)8)37-64(66(59)81)79-62-38-51(75)23-25-55(62)56-26-24-52(76)39-63(56)79/h23-26,29-41,80-81H,19-22,27-28,42-43H2,1-18H3. The molecule has 5 nitrogen and oxygen atoms in total. The van der Waals surface area contributed by atoms with Crippen LogP contribution in [0.3, 0.4) is 0 Å². The van der Waals surface area contributed by atoms with E-state index in [2.05, 4.69) is 231 Å². The quantitative estimate of drug-likeness (QED) is 0.0611. The van der Waals surface area contributed by atoms with Crippen LogP contribution in [0.1, 0.15) is 170 Å². The second-order valence-electron chi connectivity index (χ2n) is 29.3. The maximum atomic E-state index is 16.1. The van der Waals surface area contributed by atoms with Crippen molar-refractivity contribution in [1.29, 1.82) is 0 Å². The summed E-state index contributed by atoms with van der Waals surface area (Å²) in [6.07, 6.45) is 2.95. The zero-order valence-corrected chi connectivity index (χ0v) is 55.8. The number of nitrogens with zero attached hydrogens (tertiary/aromatic N) is 1. The fourth-order valence-electron chi connectivity index (χ4n) is 12.9. The van der Waals surface area contributed by atoms with Gasteiger partial charge >= 0.3 is 0 Å². The van der Waals surface area contributed by atoms with E-state index < -0.39 is 11.6 Å². The molecule has 0 fully saturated rings. The van der Waals surface area contributed by atoms with Crippen LogP contribution in [-0.4, -0.2) is 28.0 Å². The van der Waals surface area contributed by atoms with Crippen molar-refractivity contribution in [3.05, 3.63) is 171 Å². The SMILES string of the molecule is [CH2-][O+](CCCC[O+]([CH2-])c1c(C)cc(F)cc1-c1cc(C(C)(C)CC(C)(C)C)cc(-n2c3cc(Br)ccc3c3ccc(Br)cc32)c1O)c1c(C)cc(F)cc1-c1cc(C(C)(C)CC(C)(C)C)cc(-c2cc(C(C)(C)C)cc(C(C)(C)C)c2)c1O. The first kappa shape index (κ1) is 63.4. The van der Waals surface area contributed by atoms with Crippen LogP contribution >= 0.6 is 31.9 Å². The Kier molecular flexibility index (Phi) is 17.6. The lowest BCUT2D eigenvalue weighted by atomic mass is 9.71. The first-order valence-electron chi connectivity index (χ1n) is 29.2. The molecule has 9 heteroatoms. The second-order valence-corrected chi connectivity index (χ2v) is 31.1. The van der Waals surface area contributed by atoms with Crippen molar-refractivity contribution in [1.82, 2.24) is 4.57 Å². The molecular formula is C74H89Br2F2NO4. The van der Waals surface area contributed by atoms with Gasteiger partial charge < -0.3 is 23.5 Å². The van der Waals surface area contributed by atoms with Crippen molar-refractivity contribution in [3.63, 3.8) is 0 Å². The van der Waals surface area contributed by atoms with Crippen molar-refractivity contribution in [2.75, 3.05) is 13.2 Å². The number of hydrogen-bond donors (Lipinski definition) is 2. The molecule has 83 heavy (non-hydrogen) atoms. The third kappa shape index (κ3) is 13.7. The summed E-state index contributed by atoms with van der Waals surface area (Å²) in [5.41, 5.74) is 10.7. The molecule has 0 bridgehead atoms. The highest BCUT2D eigenvalue weighted by Crippen LogP contribution is 2.53. The highest BCUT2D eigenvalue weighted by atomic mass is 79.9. The first-order chi connectivity index (χ1) is 38.2. The van der Waals surface area contributed by atoms with Gasteiger partial charge in [0.15, 0.2) is 0 Å². The van der Waals surface area contributed by atoms with Gasteiger partial charge in [-0.25, -0.2) is 8.78 Å². The van der Waals surface area contributed by atoms with Crippen LogP contribution in [0, 0.1) is 50.5 Å². The number of hydrogen-bond acceptors (Lipinski definition) is 2. The van der Waals surface area contributed by atoms with E-state index in [0.717, 1.165) is 60.3 Å². The number of aromatic nitrogens is 1. The molecule has 1 heterocycles. The van der Waals surface area contributed by atoms with E-state index in [0.29, 0.717) is 82.2 Å². The molecular weight excluding hydrogens is 1160 g/mol. The second kappa shape index (κ2) is 23.0. The molecule has 0 atom stereocenters. The predicted molar refractivity (Wildman–Crippen MR) is 354 cm³/mol. The smallest absolute Gasteiger partial charge is 0.237 e. The molecule has 0 aliphatic heterocycles. The summed E-state index contributed by atoms with van der Waals surface area (Å²) < 4.78 is 42.1. The molecule has 0 radical (unpaired) electrons. The molecule has 0 aliphatic rings. The summed E-state index contributed by atoms with van der Waals surface area (Å²) >= 11 is 7.47. The molecule has 0 unspecified atom stereocenters. The van der Waals surface area contributed by atoms with Crippen molar-refractivity contribution in [3.8, 4) is 62.1 Å². The van der Waals surface area contributed by atoms with E-state index in [1.54, 1.807) is 0 Å². The first-order valence-corrected chi connectivity index (χ1v) is 30.8. The Labute approximate surface area is 512 Å². The fourth-order valence-corrected chi connectivity index (χ4v) is 13.6. The number of unbranched alkanes of at least 4 members (excludes halogenated alkanes) is 1. The van der Waals surface area contributed by atoms with Crippen molar-refractivity contribution in [2.45, 2.75) is 172 Å². The van der Waals surface area contributed by atoms with Gasteiger partial charge in [0.05, 0.1) is 27.8 Å². The summed E-state index contributed by atoms with van der Waals surface area (Å²) in [5, 5.41) is 27.8. The highest BCUT2D eigenvalue weighted by Gasteiger charge is 2.34. The number of fused-ring (bicyclic) bond motifs is 3. The van der Waals surface area contributed by atoms with Crippen LogP contribution in [0.25, 0.3) is 60.9 Å².